The number of rotatable bonds is 15. The predicted molar refractivity (Wildman–Crippen MR) is 139 cm³/mol. The molecule has 0 aliphatic carbocycles. The number of hydrogen-bond donors (Lipinski definition) is 3. The van der Waals surface area contributed by atoms with Crippen molar-refractivity contribution >= 4 is 21.4 Å². The zero-order valence-electron chi connectivity index (χ0n) is 21.5. The Kier molecular flexibility index (Phi) is 11.9. The van der Waals surface area contributed by atoms with Crippen molar-refractivity contribution in [1.29, 1.82) is 5.26 Å². The molecule has 2 rings (SSSR count). The first-order valence-electron chi connectivity index (χ1n) is 12.3. The Labute approximate surface area is 217 Å². The van der Waals surface area contributed by atoms with Crippen LogP contribution in [0.1, 0.15) is 50.7 Å². The number of ether oxygens (including phenoxy) is 1. The molecule has 0 bridgehead atoms. The van der Waals surface area contributed by atoms with Crippen LogP contribution in [0.15, 0.2) is 44.2 Å². The minimum absolute atomic E-state index is 0.00228. The van der Waals surface area contributed by atoms with Gasteiger partial charge in [0.2, 0.25) is 15.9 Å². The molecule has 202 valence electrons. The number of aliphatic hydroxyl groups is 1. The summed E-state index contributed by atoms with van der Waals surface area (Å²) < 4.78 is 34.9. The fraction of sp³-hybridized carbons (Fsp3) is 0.520. The first kappa shape index (κ1) is 30.1. The van der Waals surface area contributed by atoms with E-state index in [1.165, 1.54) is 19.1 Å². The highest BCUT2D eigenvalue weighted by molar-refractivity contribution is 7.89. The van der Waals surface area contributed by atoms with Gasteiger partial charge in [0.25, 0.3) is 5.56 Å². The van der Waals surface area contributed by atoms with Gasteiger partial charge in [0.15, 0.2) is 5.69 Å². The van der Waals surface area contributed by atoms with Crippen molar-refractivity contribution in [1.82, 2.24) is 9.29 Å². The monoisotopic (exact) mass is 533 g/mol. The maximum Gasteiger partial charge on any atom is 0.271 e. The molecule has 37 heavy (non-hydrogen) atoms. The highest BCUT2D eigenvalue weighted by Gasteiger charge is 2.22. The second kappa shape index (κ2) is 14.6. The summed E-state index contributed by atoms with van der Waals surface area (Å²) in [5.41, 5.74) is -0.928. The normalized spacial score (nSPS) is 12.6. The Morgan fingerprint density at radius 1 is 1.22 bits per heavy atom. The van der Waals surface area contributed by atoms with Crippen molar-refractivity contribution < 1.29 is 23.4 Å². The maximum atomic E-state index is 13.1. The first-order chi connectivity index (χ1) is 17.7. The van der Waals surface area contributed by atoms with Gasteiger partial charge in [-0.1, -0.05) is 45.2 Å². The topological polar surface area (TPSA) is 166 Å². The lowest BCUT2D eigenvalue weighted by molar-refractivity contribution is 0.0854. The van der Waals surface area contributed by atoms with Gasteiger partial charge in [-0.25, -0.2) is 13.1 Å². The summed E-state index contributed by atoms with van der Waals surface area (Å²) >= 11 is 0. The summed E-state index contributed by atoms with van der Waals surface area (Å²) in [6, 6.07) is 7.89. The van der Waals surface area contributed by atoms with E-state index in [2.05, 4.69) is 21.9 Å². The number of nitrogens with one attached hydrogen (secondary N) is 1. The number of hydrogen-bond acceptors (Lipinski definition) is 9. The van der Waals surface area contributed by atoms with Gasteiger partial charge in [-0.05, 0) is 31.4 Å². The van der Waals surface area contributed by atoms with Gasteiger partial charge in [0.05, 0.1) is 26.4 Å². The molecule has 3 N–H and O–H groups in total. The summed E-state index contributed by atoms with van der Waals surface area (Å²) in [5.74, 6) is -0.312. The van der Waals surface area contributed by atoms with Gasteiger partial charge >= 0.3 is 0 Å². The van der Waals surface area contributed by atoms with E-state index in [0.717, 1.165) is 30.3 Å². The Hall–Kier alpha value is -3.11. The third kappa shape index (κ3) is 7.93. The molecule has 2 aromatic rings. The van der Waals surface area contributed by atoms with Crippen LogP contribution in [0.2, 0.25) is 0 Å². The number of aromatic hydroxyl groups is 1. The van der Waals surface area contributed by atoms with Crippen LogP contribution in [0, 0.1) is 24.2 Å². The lowest BCUT2D eigenvalue weighted by Gasteiger charge is -2.16. The standard InChI is InChI=1S/C25H35N5O6S/c1-4-6-9-19(5-2)17-27-37(34,35)22-11-8-7-10-21(22)28-29-23-18(3)20(16-26)24(32)30(25(23)33)12-14-36-15-13-31/h7-8,10-11,19,27,31,33H,4-6,9,12-15,17H2,1-3H3/b29-28+. The summed E-state index contributed by atoms with van der Waals surface area (Å²) in [6.07, 6.45) is 3.84. The number of sulfonamides is 1. The third-order valence-electron chi connectivity index (χ3n) is 5.98. The summed E-state index contributed by atoms with van der Waals surface area (Å²) in [5, 5.41) is 37.2. The summed E-state index contributed by atoms with van der Waals surface area (Å²) in [7, 11) is -3.90. The molecule has 1 aromatic carbocycles. The molecule has 0 aliphatic rings. The SMILES string of the molecule is CCCCC(CC)CNS(=O)(=O)c1ccccc1/N=N/c1c(C)c(C#N)c(=O)n(CCOCCO)c1O. The Balaban J connectivity index is 2.41. The van der Waals surface area contributed by atoms with Gasteiger partial charge in [-0.3, -0.25) is 9.36 Å². The molecule has 0 spiro atoms. The average molecular weight is 534 g/mol. The molecular formula is C25H35N5O6S. The number of aromatic nitrogens is 1. The van der Waals surface area contributed by atoms with E-state index in [4.69, 9.17) is 9.84 Å². The highest BCUT2D eigenvalue weighted by atomic mass is 32.2. The molecule has 1 heterocycles. The van der Waals surface area contributed by atoms with Crippen molar-refractivity contribution in [2.24, 2.45) is 16.1 Å². The number of azo groups is 1. The number of aliphatic hydroxyl groups excluding tert-OH is 1. The van der Waals surface area contributed by atoms with Crippen molar-refractivity contribution in [3.05, 3.63) is 45.7 Å². The largest absolute Gasteiger partial charge is 0.493 e. The van der Waals surface area contributed by atoms with E-state index in [-0.39, 0.29) is 59.7 Å². The number of benzene rings is 1. The lowest BCUT2D eigenvalue weighted by atomic mass is 10.00. The van der Waals surface area contributed by atoms with Gasteiger partial charge < -0.3 is 14.9 Å². The van der Waals surface area contributed by atoms with Gasteiger partial charge in [-0.15, -0.1) is 10.2 Å². The van der Waals surface area contributed by atoms with E-state index in [9.17, 15) is 23.6 Å². The van der Waals surface area contributed by atoms with Crippen molar-refractivity contribution in [2.75, 3.05) is 26.4 Å². The zero-order valence-corrected chi connectivity index (χ0v) is 22.3. The second-order valence-electron chi connectivity index (χ2n) is 8.51. The smallest absolute Gasteiger partial charge is 0.271 e. The molecule has 1 aromatic heterocycles. The summed E-state index contributed by atoms with van der Waals surface area (Å²) in [6.45, 7) is 5.64. The van der Waals surface area contributed by atoms with E-state index in [1.54, 1.807) is 12.1 Å². The molecule has 0 fully saturated rings. The molecular weight excluding hydrogens is 498 g/mol. The predicted octanol–water partition coefficient (Wildman–Crippen LogP) is 3.65. The molecule has 1 unspecified atom stereocenters. The molecule has 0 saturated heterocycles. The van der Waals surface area contributed by atoms with E-state index in [1.807, 2.05) is 13.0 Å². The average Bonchev–Trinajstić information content (AvgIpc) is 2.88. The number of nitriles is 1. The van der Waals surface area contributed by atoms with E-state index in [0.29, 0.717) is 6.54 Å². The highest BCUT2D eigenvalue weighted by Crippen LogP contribution is 2.33. The third-order valence-corrected chi connectivity index (χ3v) is 7.45. The molecule has 11 nitrogen and oxygen atoms in total. The quantitative estimate of drug-likeness (QED) is 0.232. The van der Waals surface area contributed by atoms with Crippen LogP contribution in [0.3, 0.4) is 0 Å². The van der Waals surface area contributed by atoms with Gasteiger partial charge in [-0.2, -0.15) is 5.26 Å². The maximum absolute atomic E-state index is 13.1. The van der Waals surface area contributed by atoms with Crippen molar-refractivity contribution in [3.63, 3.8) is 0 Å². The Bertz CT molecular complexity index is 1280. The summed E-state index contributed by atoms with van der Waals surface area (Å²) in [4.78, 5) is 12.6. The second-order valence-corrected chi connectivity index (χ2v) is 10.2. The van der Waals surface area contributed by atoms with Crippen LogP contribution < -0.4 is 10.3 Å². The number of pyridine rings is 1. The molecule has 0 radical (unpaired) electrons. The van der Waals surface area contributed by atoms with Crippen molar-refractivity contribution in [2.45, 2.75) is 57.9 Å². The van der Waals surface area contributed by atoms with Crippen LogP contribution in [-0.2, 0) is 21.3 Å². The Morgan fingerprint density at radius 2 is 1.95 bits per heavy atom. The molecule has 12 heteroatoms. The van der Waals surface area contributed by atoms with Crippen LogP contribution in [0.5, 0.6) is 5.88 Å². The van der Waals surface area contributed by atoms with Crippen LogP contribution >= 0.6 is 0 Å². The van der Waals surface area contributed by atoms with Gasteiger partial charge in [0.1, 0.15) is 22.2 Å². The lowest BCUT2D eigenvalue weighted by Crippen LogP contribution is -2.29. The molecule has 1 atom stereocenters. The van der Waals surface area contributed by atoms with E-state index < -0.39 is 21.5 Å². The van der Waals surface area contributed by atoms with E-state index >= 15 is 0 Å². The zero-order chi connectivity index (χ0) is 27.4. The Morgan fingerprint density at radius 3 is 2.59 bits per heavy atom. The number of unbranched alkanes of at least 4 members (excludes halogenated alkanes) is 1. The van der Waals surface area contributed by atoms with Crippen LogP contribution in [0.25, 0.3) is 0 Å². The van der Waals surface area contributed by atoms with Gasteiger partial charge in [0, 0.05) is 12.1 Å². The fourth-order valence-electron chi connectivity index (χ4n) is 3.71. The minimum atomic E-state index is -3.90. The molecule has 0 saturated carbocycles. The van der Waals surface area contributed by atoms with Crippen LogP contribution in [0.4, 0.5) is 11.4 Å². The fourth-order valence-corrected chi connectivity index (χ4v) is 4.96. The first-order valence-corrected chi connectivity index (χ1v) is 13.8. The molecule has 0 amide bonds. The minimum Gasteiger partial charge on any atom is -0.493 e. The molecule has 0 aliphatic heterocycles. The number of nitrogens with zero attached hydrogens (tertiary/aromatic N) is 4. The van der Waals surface area contributed by atoms with Crippen LogP contribution in [-0.4, -0.2) is 49.6 Å². The van der Waals surface area contributed by atoms with Crippen molar-refractivity contribution in [3.8, 4) is 11.9 Å².